The number of nitrogens with zero attached hydrogens (tertiary/aromatic N) is 2. The first-order chi connectivity index (χ1) is 14.8. The van der Waals surface area contributed by atoms with E-state index in [2.05, 4.69) is 65.5 Å². The van der Waals surface area contributed by atoms with E-state index >= 15 is 0 Å². The molecule has 0 fully saturated rings. The molecular weight excluding hydrogens is 413 g/mol. The lowest BCUT2D eigenvalue weighted by Gasteiger charge is -2.11. The van der Waals surface area contributed by atoms with Gasteiger partial charge in [-0.15, -0.1) is 6.58 Å². The number of rotatable bonds is 12. The molecule has 2 rings (SSSR count). The molecule has 0 aliphatic heterocycles. The molecule has 2 aromatic rings. The van der Waals surface area contributed by atoms with Gasteiger partial charge in [0.05, 0.1) is 16.4 Å². The van der Waals surface area contributed by atoms with Gasteiger partial charge in [0, 0.05) is 25.4 Å². The number of aromatic amines is 1. The second-order valence-electron chi connectivity index (χ2n) is 7.26. The molecule has 0 saturated carbocycles. The summed E-state index contributed by atoms with van der Waals surface area (Å²) < 4.78 is 13.3. The zero-order chi connectivity index (χ0) is 22.8. The van der Waals surface area contributed by atoms with E-state index in [1.54, 1.807) is 12.1 Å². The molecule has 0 amide bonds. The number of hydrogen-bond donors (Lipinski definition) is 3. The van der Waals surface area contributed by atoms with Crippen LogP contribution in [0.3, 0.4) is 0 Å². The minimum atomic E-state index is -0.448. The predicted molar refractivity (Wildman–Crippen MR) is 129 cm³/mol. The predicted octanol–water partition coefficient (Wildman–Crippen LogP) is 6.01. The van der Waals surface area contributed by atoms with Gasteiger partial charge in [0.25, 0.3) is 0 Å². The Morgan fingerprint density at radius 2 is 2.13 bits per heavy atom. The molecule has 0 spiro atoms. The summed E-state index contributed by atoms with van der Waals surface area (Å²) in [6.07, 6.45) is 6.55. The number of hydrogen-bond acceptors (Lipinski definition) is 4. The number of aromatic nitrogens is 2. The molecule has 0 bridgehead atoms. The van der Waals surface area contributed by atoms with Crippen LogP contribution in [-0.4, -0.2) is 22.5 Å². The van der Waals surface area contributed by atoms with Crippen molar-refractivity contribution in [3.63, 3.8) is 0 Å². The SMILES string of the molecule is C=CN=C(C(=C)NCc1ccc(F)c(Cl)c1)c1cc(NC/C(C)=C/CC(C)C=C)n[nH]1. The van der Waals surface area contributed by atoms with Gasteiger partial charge in [-0.05, 0) is 37.0 Å². The van der Waals surface area contributed by atoms with Crippen molar-refractivity contribution >= 4 is 23.1 Å². The fourth-order valence-electron chi connectivity index (χ4n) is 2.66. The zero-order valence-corrected chi connectivity index (χ0v) is 18.8. The summed E-state index contributed by atoms with van der Waals surface area (Å²) in [6.45, 7) is 16.9. The summed E-state index contributed by atoms with van der Waals surface area (Å²) in [4.78, 5) is 4.32. The highest BCUT2D eigenvalue weighted by Crippen LogP contribution is 2.17. The first-order valence-electron chi connectivity index (χ1n) is 9.97. The van der Waals surface area contributed by atoms with Gasteiger partial charge in [-0.25, -0.2) is 4.39 Å². The van der Waals surface area contributed by atoms with Crippen molar-refractivity contribution in [2.75, 3.05) is 11.9 Å². The Hall–Kier alpha value is -3.12. The zero-order valence-electron chi connectivity index (χ0n) is 18.0. The van der Waals surface area contributed by atoms with Crippen LogP contribution >= 0.6 is 11.6 Å². The van der Waals surface area contributed by atoms with Crippen LogP contribution in [0, 0.1) is 11.7 Å². The number of nitrogens with one attached hydrogen (secondary N) is 3. The topological polar surface area (TPSA) is 65.1 Å². The van der Waals surface area contributed by atoms with Gasteiger partial charge in [0.1, 0.15) is 17.3 Å². The van der Waals surface area contributed by atoms with E-state index in [0.717, 1.165) is 12.0 Å². The van der Waals surface area contributed by atoms with E-state index in [0.29, 0.717) is 41.9 Å². The first kappa shape index (κ1) is 24.2. The Labute approximate surface area is 188 Å². The summed E-state index contributed by atoms with van der Waals surface area (Å²) >= 11 is 5.84. The summed E-state index contributed by atoms with van der Waals surface area (Å²) in [5, 5.41) is 13.8. The maximum Gasteiger partial charge on any atom is 0.148 e. The second-order valence-corrected chi connectivity index (χ2v) is 7.67. The number of H-pyrrole nitrogens is 1. The molecule has 1 unspecified atom stereocenters. The molecule has 1 heterocycles. The highest BCUT2D eigenvalue weighted by molar-refractivity contribution is 6.30. The minimum absolute atomic E-state index is 0.0810. The average Bonchev–Trinajstić information content (AvgIpc) is 3.23. The highest BCUT2D eigenvalue weighted by atomic mass is 35.5. The van der Waals surface area contributed by atoms with Crippen LogP contribution < -0.4 is 10.6 Å². The lowest BCUT2D eigenvalue weighted by atomic mass is 10.1. The van der Waals surface area contributed by atoms with Gasteiger partial charge in [-0.3, -0.25) is 10.1 Å². The molecule has 5 nitrogen and oxygen atoms in total. The molecule has 164 valence electrons. The largest absolute Gasteiger partial charge is 0.380 e. The number of benzene rings is 1. The van der Waals surface area contributed by atoms with Crippen LogP contribution in [0.25, 0.3) is 0 Å². The van der Waals surface area contributed by atoms with Crippen molar-refractivity contribution in [2.45, 2.75) is 26.8 Å². The fraction of sp³-hybridized carbons (Fsp3) is 0.250. The molecule has 7 heteroatoms. The summed E-state index contributed by atoms with van der Waals surface area (Å²) in [5.41, 5.74) is 3.90. The molecule has 1 atom stereocenters. The molecule has 1 aromatic carbocycles. The molecule has 1 aromatic heterocycles. The van der Waals surface area contributed by atoms with E-state index in [1.165, 1.54) is 17.8 Å². The van der Waals surface area contributed by atoms with Crippen molar-refractivity contribution in [3.8, 4) is 0 Å². The van der Waals surface area contributed by atoms with Crippen molar-refractivity contribution < 1.29 is 4.39 Å². The van der Waals surface area contributed by atoms with Crippen molar-refractivity contribution in [2.24, 2.45) is 10.9 Å². The number of allylic oxidation sites excluding steroid dienone is 3. The Bertz CT molecular complexity index is 990. The smallest absolute Gasteiger partial charge is 0.148 e. The van der Waals surface area contributed by atoms with Crippen LogP contribution in [0.2, 0.25) is 5.02 Å². The van der Waals surface area contributed by atoms with Crippen LogP contribution in [0.15, 0.2) is 78.6 Å². The molecular formula is C24H29ClFN5. The molecule has 0 aliphatic rings. The van der Waals surface area contributed by atoms with Crippen molar-refractivity contribution in [1.29, 1.82) is 0 Å². The van der Waals surface area contributed by atoms with Crippen molar-refractivity contribution in [1.82, 2.24) is 15.5 Å². The number of halogens is 2. The summed E-state index contributed by atoms with van der Waals surface area (Å²) in [7, 11) is 0. The van der Waals surface area contributed by atoms with Crippen LogP contribution in [0.1, 0.15) is 31.5 Å². The number of anilines is 1. The summed E-state index contributed by atoms with van der Waals surface area (Å²) in [5.74, 6) is 0.708. The Morgan fingerprint density at radius 1 is 1.35 bits per heavy atom. The third-order valence-corrected chi connectivity index (χ3v) is 4.91. The molecule has 0 saturated heterocycles. The Morgan fingerprint density at radius 3 is 2.81 bits per heavy atom. The average molecular weight is 442 g/mol. The monoisotopic (exact) mass is 441 g/mol. The van der Waals surface area contributed by atoms with E-state index in [1.807, 2.05) is 12.1 Å². The van der Waals surface area contributed by atoms with Gasteiger partial charge in [0.15, 0.2) is 0 Å². The van der Waals surface area contributed by atoms with Crippen molar-refractivity contribution in [3.05, 3.63) is 95.7 Å². The van der Waals surface area contributed by atoms with Crippen LogP contribution in [-0.2, 0) is 6.54 Å². The maximum absolute atomic E-state index is 13.3. The molecule has 31 heavy (non-hydrogen) atoms. The standard InChI is InChI=1S/C24H29ClFN5/c1-6-16(3)8-9-17(4)14-29-23-13-22(30-31-23)24(27-7-2)18(5)28-15-19-10-11-21(26)20(25)12-19/h6-7,9-13,16,28H,1-2,5,8,14-15H2,3-4H3,(H2,29,30,31)/b17-9+,27-24?. The Kier molecular flexibility index (Phi) is 9.28. The van der Waals surface area contributed by atoms with Gasteiger partial charge in [-0.1, -0.05) is 55.5 Å². The van der Waals surface area contributed by atoms with E-state index < -0.39 is 5.82 Å². The van der Waals surface area contributed by atoms with Gasteiger partial charge in [-0.2, -0.15) is 5.10 Å². The normalized spacial score (nSPS) is 12.9. The third-order valence-electron chi connectivity index (χ3n) is 4.62. The second kappa shape index (κ2) is 11.9. The molecule has 0 aliphatic carbocycles. The van der Waals surface area contributed by atoms with Crippen LogP contribution in [0.5, 0.6) is 0 Å². The third kappa shape index (κ3) is 7.57. The fourth-order valence-corrected chi connectivity index (χ4v) is 2.87. The van der Waals surface area contributed by atoms with E-state index in [-0.39, 0.29) is 5.02 Å². The maximum atomic E-state index is 13.3. The lowest BCUT2D eigenvalue weighted by molar-refractivity contribution is 0.627. The summed E-state index contributed by atoms with van der Waals surface area (Å²) in [6, 6.07) is 6.44. The van der Waals surface area contributed by atoms with E-state index in [9.17, 15) is 4.39 Å². The van der Waals surface area contributed by atoms with Gasteiger partial charge in [0.2, 0.25) is 0 Å². The molecule has 0 radical (unpaired) electrons. The van der Waals surface area contributed by atoms with Crippen LogP contribution in [0.4, 0.5) is 10.2 Å². The minimum Gasteiger partial charge on any atom is -0.380 e. The Balaban J connectivity index is 2.00. The quantitative estimate of drug-likeness (QED) is 0.279. The lowest BCUT2D eigenvalue weighted by Crippen LogP contribution is -2.20. The van der Waals surface area contributed by atoms with E-state index in [4.69, 9.17) is 11.6 Å². The first-order valence-corrected chi connectivity index (χ1v) is 10.4. The van der Waals surface area contributed by atoms with Gasteiger partial charge >= 0.3 is 0 Å². The number of aliphatic imine (C=N–C) groups is 1. The highest BCUT2D eigenvalue weighted by Gasteiger charge is 2.12. The van der Waals surface area contributed by atoms with Gasteiger partial charge < -0.3 is 10.6 Å². The molecule has 3 N–H and O–H groups in total.